The van der Waals surface area contributed by atoms with Gasteiger partial charge in [0.25, 0.3) is 0 Å². The molecule has 1 aromatic heterocycles. The van der Waals surface area contributed by atoms with E-state index in [0.717, 1.165) is 24.0 Å². The van der Waals surface area contributed by atoms with E-state index in [2.05, 4.69) is 11.9 Å². The summed E-state index contributed by atoms with van der Waals surface area (Å²) in [6.07, 6.45) is 2.30. The van der Waals surface area contributed by atoms with Crippen LogP contribution in [-0.2, 0) is 16.3 Å². The third-order valence-corrected chi connectivity index (χ3v) is 6.89. The highest BCUT2D eigenvalue weighted by molar-refractivity contribution is 7.91. The molecule has 0 saturated heterocycles. The zero-order chi connectivity index (χ0) is 19.2. The molecule has 27 heavy (non-hydrogen) atoms. The number of aromatic amines is 1. The van der Waals surface area contributed by atoms with E-state index in [-0.39, 0.29) is 15.7 Å². The van der Waals surface area contributed by atoms with Gasteiger partial charge in [-0.25, -0.2) is 8.42 Å². The summed E-state index contributed by atoms with van der Waals surface area (Å²) in [5.41, 5.74) is 4.19. The number of carbonyl (C=O) groups excluding carboxylic acids is 1. The average molecular weight is 379 g/mol. The van der Waals surface area contributed by atoms with Crippen molar-refractivity contribution in [2.45, 2.75) is 43.0 Å². The lowest BCUT2D eigenvalue weighted by molar-refractivity contribution is 0.104. The number of fused-ring (bicyclic) bond motifs is 3. The van der Waals surface area contributed by atoms with E-state index in [1.807, 2.05) is 25.1 Å². The van der Waals surface area contributed by atoms with Crippen LogP contribution in [-0.4, -0.2) is 19.2 Å². The molecule has 5 heteroatoms. The van der Waals surface area contributed by atoms with Crippen LogP contribution in [0.25, 0.3) is 11.3 Å². The fourth-order valence-electron chi connectivity index (χ4n) is 3.66. The summed E-state index contributed by atoms with van der Waals surface area (Å²) < 4.78 is 26.6. The molecule has 0 radical (unpaired) electrons. The zero-order valence-corrected chi connectivity index (χ0v) is 16.2. The van der Waals surface area contributed by atoms with E-state index < -0.39 is 9.84 Å². The summed E-state index contributed by atoms with van der Waals surface area (Å²) in [4.78, 5) is 16.3. The molecule has 1 heterocycles. The van der Waals surface area contributed by atoms with Crippen molar-refractivity contribution < 1.29 is 13.2 Å². The molecule has 3 aromatic rings. The van der Waals surface area contributed by atoms with Crippen molar-refractivity contribution in [1.82, 2.24) is 4.98 Å². The average Bonchev–Trinajstić information content (AvgIpc) is 3.18. The third kappa shape index (κ3) is 2.73. The maximum Gasteiger partial charge on any atom is 0.222 e. The van der Waals surface area contributed by atoms with Crippen molar-refractivity contribution in [2.75, 3.05) is 0 Å². The molecule has 0 atom stereocenters. The molecule has 1 N–H and O–H groups in total. The second-order valence-corrected chi connectivity index (χ2v) is 8.86. The molecule has 0 saturated carbocycles. The predicted octanol–water partition coefficient (Wildman–Crippen LogP) is 4.71. The first-order chi connectivity index (χ1) is 12.9. The molecule has 0 unspecified atom stereocenters. The van der Waals surface area contributed by atoms with Crippen LogP contribution >= 0.6 is 0 Å². The van der Waals surface area contributed by atoms with Gasteiger partial charge in [-0.15, -0.1) is 0 Å². The number of carbonyl (C=O) groups is 1. The quantitative estimate of drug-likeness (QED) is 0.546. The second kappa shape index (κ2) is 6.50. The Balaban J connectivity index is 1.94. The maximum absolute atomic E-state index is 13.3. The summed E-state index contributed by atoms with van der Waals surface area (Å²) >= 11 is 0. The van der Waals surface area contributed by atoms with Crippen molar-refractivity contribution in [3.05, 3.63) is 70.8 Å². The minimum atomic E-state index is -3.73. The summed E-state index contributed by atoms with van der Waals surface area (Å²) in [6, 6.07) is 14.2. The standard InChI is InChI=1S/C22H21NO3S/c1-3-4-7-18-19-20(16-8-5-6-9-17(16)21(19)24)23-22(18)27(25,26)15-12-10-14(2)11-13-15/h5-6,8-13,23H,3-4,7H2,1-2H3. The van der Waals surface area contributed by atoms with Crippen LogP contribution in [0.4, 0.5) is 0 Å². The smallest absolute Gasteiger partial charge is 0.222 e. The molecular formula is C22H21NO3S. The van der Waals surface area contributed by atoms with Crippen LogP contribution in [0.3, 0.4) is 0 Å². The van der Waals surface area contributed by atoms with Gasteiger partial charge in [-0.05, 0) is 31.9 Å². The molecule has 4 nitrogen and oxygen atoms in total. The van der Waals surface area contributed by atoms with Gasteiger partial charge in [-0.2, -0.15) is 0 Å². The molecule has 0 aliphatic heterocycles. The molecule has 2 aromatic carbocycles. The van der Waals surface area contributed by atoms with Crippen LogP contribution in [0.5, 0.6) is 0 Å². The Morgan fingerprint density at radius 3 is 2.30 bits per heavy atom. The number of unbranched alkanes of at least 4 members (excludes halogenated alkanes) is 1. The lowest BCUT2D eigenvalue weighted by atomic mass is 10.0. The van der Waals surface area contributed by atoms with Crippen LogP contribution in [0, 0.1) is 6.92 Å². The number of benzene rings is 2. The topological polar surface area (TPSA) is 67.0 Å². The predicted molar refractivity (Wildman–Crippen MR) is 105 cm³/mol. The minimum Gasteiger partial charge on any atom is -0.344 e. The minimum absolute atomic E-state index is 0.0895. The van der Waals surface area contributed by atoms with Crippen molar-refractivity contribution in [2.24, 2.45) is 0 Å². The van der Waals surface area contributed by atoms with E-state index in [9.17, 15) is 13.2 Å². The highest BCUT2D eigenvalue weighted by Crippen LogP contribution is 2.42. The monoisotopic (exact) mass is 379 g/mol. The molecule has 0 spiro atoms. The van der Waals surface area contributed by atoms with Crippen molar-refractivity contribution in [3.63, 3.8) is 0 Å². The fraction of sp³-hybridized carbons (Fsp3) is 0.227. The number of aryl methyl sites for hydroxylation is 1. The number of H-pyrrole nitrogens is 1. The number of nitrogens with one attached hydrogen (secondary N) is 1. The zero-order valence-electron chi connectivity index (χ0n) is 15.4. The first-order valence-corrected chi connectivity index (χ1v) is 10.6. The highest BCUT2D eigenvalue weighted by Gasteiger charge is 2.36. The van der Waals surface area contributed by atoms with Crippen LogP contribution in [0.1, 0.15) is 46.8 Å². The van der Waals surface area contributed by atoms with Gasteiger partial charge in [0.1, 0.15) is 5.03 Å². The van der Waals surface area contributed by atoms with E-state index in [1.165, 1.54) is 0 Å². The molecule has 138 valence electrons. The first-order valence-electron chi connectivity index (χ1n) is 9.16. The highest BCUT2D eigenvalue weighted by atomic mass is 32.2. The Morgan fingerprint density at radius 2 is 1.63 bits per heavy atom. The Bertz CT molecular complexity index is 1140. The van der Waals surface area contributed by atoms with Crippen LogP contribution in [0.2, 0.25) is 0 Å². The van der Waals surface area contributed by atoms with Gasteiger partial charge in [0.15, 0.2) is 5.78 Å². The van der Waals surface area contributed by atoms with E-state index in [4.69, 9.17) is 0 Å². The normalized spacial score (nSPS) is 12.9. The van der Waals surface area contributed by atoms with Crippen molar-refractivity contribution in [1.29, 1.82) is 0 Å². The summed E-state index contributed by atoms with van der Waals surface area (Å²) in [5, 5.41) is 0.160. The number of hydrogen-bond acceptors (Lipinski definition) is 3. The van der Waals surface area contributed by atoms with Crippen molar-refractivity contribution in [3.8, 4) is 11.3 Å². The number of ketones is 1. The Labute approximate surface area is 159 Å². The lowest BCUT2D eigenvalue weighted by Gasteiger charge is -2.08. The molecule has 1 aliphatic rings. The Morgan fingerprint density at radius 1 is 0.963 bits per heavy atom. The van der Waals surface area contributed by atoms with E-state index in [0.29, 0.717) is 28.8 Å². The van der Waals surface area contributed by atoms with E-state index in [1.54, 1.807) is 30.3 Å². The van der Waals surface area contributed by atoms with Gasteiger partial charge in [-0.3, -0.25) is 4.79 Å². The van der Waals surface area contributed by atoms with Gasteiger partial charge in [0, 0.05) is 16.7 Å². The van der Waals surface area contributed by atoms with Crippen LogP contribution in [0.15, 0.2) is 58.5 Å². The van der Waals surface area contributed by atoms with E-state index >= 15 is 0 Å². The molecule has 0 bridgehead atoms. The largest absolute Gasteiger partial charge is 0.344 e. The third-order valence-electron chi connectivity index (χ3n) is 5.11. The van der Waals surface area contributed by atoms with Crippen LogP contribution < -0.4 is 0 Å². The molecule has 4 rings (SSSR count). The van der Waals surface area contributed by atoms with Gasteiger partial charge in [0.2, 0.25) is 9.84 Å². The fourth-order valence-corrected chi connectivity index (χ4v) is 5.15. The Hall–Kier alpha value is -2.66. The number of hydrogen-bond donors (Lipinski definition) is 1. The number of sulfone groups is 1. The molecule has 0 fully saturated rings. The molecule has 0 amide bonds. The van der Waals surface area contributed by atoms with Gasteiger partial charge >= 0.3 is 0 Å². The SMILES string of the molecule is CCCCc1c(S(=O)(=O)c2ccc(C)cc2)[nH]c2c1C(=O)c1ccccc1-2. The van der Waals surface area contributed by atoms with Gasteiger partial charge < -0.3 is 4.98 Å². The first kappa shape index (κ1) is 17.7. The summed E-state index contributed by atoms with van der Waals surface area (Å²) in [5.74, 6) is -0.0895. The van der Waals surface area contributed by atoms with Gasteiger partial charge in [0.05, 0.1) is 16.2 Å². The number of rotatable bonds is 5. The molecule has 1 aliphatic carbocycles. The molecular weight excluding hydrogens is 358 g/mol. The summed E-state index contributed by atoms with van der Waals surface area (Å²) in [6.45, 7) is 3.97. The van der Waals surface area contributed by atoms with Crippen molar-refractivity contribution >= 4 is 15.6 Å². The maximum atomic E-state index is 13.3. The van der Waals surface area contributed by atoms with Gasteiger partial charge in [-0.1, -0.05) is 55.3 Å². The number of aromatic nitrogens is 1. The second-order valence-electron chi connectivity index (χ2n) is 6.98. The Kier molecular flexibility index (Phi) is 4.27. The summed E-state index contributed by atoms with van der Waals surface area (Å²) in [7, 11) is -3.73. The lowest BCUT2D eigenvalue weighted by Crippen LogP contribution is -2.08.